The summed E-state index contributed by atoms with van der Waals surface area (Å²) in [4.78, 5) is 13.6. The number of rotatable bonds is 6. The maximum absolute atomic E-state index is 13.3. The highest BCUT2D eigenvalue weighted by atomic mass is 32.2. The molecule has 1 aliphatic heterocycles. The molecule has 170 valence electrons. The number of anilines is 2. The Morgan fingerprint density at radius 1 is 1.00 bits per heavy atom. The van der Waals surface area contributed by atoms with Crippen LogP contribution in [0.4, 0.5) is 11.4 Å². The van der Waals surface area contributed by atoms with Crippen LogP contribution in [0.2, 0.25) is 0 Å². The summed E-state index contributed by atoms with van der Waals surface area (Å²) in [5.74, 6) is 0.607. The van der Waals surface area contributed by atoms with Crippen LogP contribution in [-0.2, 0) is 26.7 Å². The summed E-state index contributed by atoms with van der Waals surface area (Å²) in [6, 6.07) is 21.6. The summed E-state index contributed by atoms with van der Waals surface area (Å²) in [5.41, 5.74) is 2.46. The molecule has 1 aliphatic carbocycles. The predicted molar refractivity (Wildman–Crippen MR) is 128 cm³/mol. The molecule has 0 bridgehead atoms. The molecular weight excluding hydrogens is 436 g/mol. The molecule has 0 saturated heterocycles. The normalized spacial score (nSPS) is 16.6. The largest absolute Gasteiger partial charge is 0.496 e. The Hall–Kier alpha value is -3.32. The Kier molecular flexibility index (Phi) is 5.37. The highest BCUT2D eigenvalue weighted by Crippen LogP contribution is 2.52. The minimum Gasteiger partial charge on any atom is -0.496 e. The number of ether oxygens (including phenoxy) is 1. The van der Waals surface area contributed by atoms with E-state index in [1.165, 1.54) is 4.31 Å². The molecule has 0 atom stereocenters. The SMILES string of the molecule is COc1ccccc1C1(C(=O)Nc2ccc3c(c2)N(S(=O)(=O)c2ccccc2)CCC3)CC1. The maximum atomic E-state index is 13.3. The van der Waals surface area contributed by atoms with Gasteiger partial charge in [-0.05, 0) is 61.6 Å². The van der Waals surface area contributed by atoms with Crippen molar-refractivity contribution in [1.82, 2.24) is 0 Å². The average molecular weight is 463 g/mol. The molecule has 7 heteroatoms. The van der Waals surface area contributed by atoms with Crippen molar-refractivity contribution in [2.75, 3.05) is 23.3 Å². The first-order valence-electron chi connectivity index (χ1n) is 11.1. The van der Waals surface area contributed by atoms with E-state index in [9.17, 15) is 13.2 Å². The van der Waals surface area contributed by atoms with E-state index in [1.807, 2.05) is 36.4 Å². The summed E-state index contributed by atoms with van der Waals surface area (Å²) in [7, 11) is -2.08. The molecule has 3 aromatic rings. The average Bonchev–Trinajstić information content (AvgIpc) is 3.66. The number of hydrogen-bond acceptors (Lipinski definition) is 4. The molecule has 2 aliphatic rings. The van der Waals surface area contributed by atoms with E-state index in [1.54, 1.807) is 43.5 Å². The first-order chi connectivity index (χ1) is 16.0. The number of nitrogens with one attached hydrogen (secondary N) is 1. The van der Waals surface area contributed by atoms with E-state index < -0.39 is 15.4 Å². The fourth-order valence-corrected chi connectivity index (χ4v) is 6.18. The van der Waals surface area contributed by atoms with Crippen LogP contribution in [0.3, 0.4) is 0 Å². The number of benzene rings is 3. The first-order valence-corrected chi connectivity index (χ1v) is 12.6. The predicted octanol–water partition coefficient (Wildman–Crippen LogP) is 4.51. The van der Waals surface area contributed by atoms with Crippen molar-refractivity contribution in [3.63, 3.8) is 0 Å². The number of amides is 1. The molecular formula is C26H26N2O4S. The quantitative estimate of drug-likeness (QED) is 0.585. The van der Waals surface area contributed by atoms with E-state index >= 15 is 0 Å². The number of para-hydroxylation sites is 1. The third kappa shape index (κ3) is 3.76. The zero-order valence-electron chi connectivity index (χ0n) is 18.5. The van der Waals surface area contributed by atoms with Crippen molar-refractivity contribution in [2.24, 2.45) is 0 Å². The number of sulfonamides is 1. The molecule has 1 saturated carbocycles. The molecule has 33 heavy (non-hydrogen) atoms. The molecule has 1 heterocycles. The molecule has 6 nitrogen and oxygen atoms in total. The van der Waals surface area contributed by atoms with Gasteiger partial charge in [0, 0.05) is 17.8 Å². The van der Waals surface area contributed by atoms with Gasteiger partial charge in [-0.25, -0.2) is 8.42 Å². The highest BCUT2D eigenvalue weighted by molar-refractivity contribution is 7.92. The Morgan fingerprint density at radius 3 is 2.45 bits per heavy atom. The Bertz CT molecular complexity index is 1300. The number of carbonyl (C=O) groups is 1. The van der Waals surface area contributed by atoms with Crippen LogP contribution in [0.15, 0.2) is 77.7 Å². The molecule has 1 amide bonds. The lowest BCUT2D eigenvalue weighted by atomic mass is 9.93. The van der Waals surface area contributed by atoms with Gasteiger partial charge in [-0.2, -0.15) is 0 Å². The van der Waals surface area contributed by atoms with E-state index in [-0.39, 0.29) is 10.8 Å². The Morgan fingerprint density at radius 2 is 1.73 bits per heavy atom. The zero-order chi connectivity index (χ0) is 23.1. The second-order valence-electron chi connectivity index (χ2n) is 8.57. The van der Waals surface area contributed by atoms with Crippen LogP contribution >= 0.6 is 0 Å². The number of carbonyl (C=O) groups excluding carboxylic acids is 1. The van der Waals surface area contributed by atoms with Crippen LogP contribution in [0.25, 0.3) is 0 Å². The lowest BCUT2D eigenvalue weighted by Gasteiger charge is -2.31. The summed E-state index contributed by atoms with van der Waals surface area (Å²) in [6.07, 6.45) is 3.05. The lowest BCUT2D eigenvalue weighted by molar-refractivity contribution is -0.118. The van der Waals surface area contributed by atoms with Gasteiger partial charge < -0.3 is 10.1 Å². The fraction of sp³-hybridized carbons (Fsp3) is 0.269. The standard InChI is InChI=1S/C26H26N2O4S/c1-32-24-12-6-5-11-22(24)26(15-16-26)25(29)27-20-14-13-19-8-7-17-28(23(19)18-20)33(30,31)21-9-3-2-4-10-21/h2-6,9-14,18H,7-8,15-17H2,1H3,(H,27,29). The third-order valence-corrected chi connectivity index (χ3v) is 8.39. The smallest absolute Gasteiger partial charge is 0.264 e. The van der Waals surface area contributed by atoms with Gasteiger partial charge in [0.25, 0.3) is 10.0 Å². The van der Waals surface area contributed by atoms with Gasteiger partial charge in [-0.3, -0.25) is 9.10 Å². The molecule has 1 N–H and O–H groups in total. The van der Waals surface area contributed by atoms with Gasteiger partial charge in [0.15, 0.2) is 0 Å². The van der Waals surface area contributed by atoms with Crippen LogP contribution < -0.4 is 14.4 Å². The van der Waals surface area contributed by atoms with Crippen molar-refractivity contribution in [1.29, 1.82) is 0 Å². The van der Waals surface area contributed by atoms with Crippen molar-refractivity contribution in [2.45, 2.75) is 36.0 Å². The van der Waals surface area contributed by atoms with Gasteiger partial charge in [-0.1, -0.05) is 42.5 Å². The monoisotopic (exact) mass is 462 g/mol. The molecule has 0 aromatic heterocycles. The minimum absolute atomic E-state index is 0.0970. The first kappa shape index (κ1) is 21.5. The Balaban J connectivity index is 1.45. The number of methoxy groups -OCH3 is 1. The lowest BCUT2D eigenvalue weighted by Crippen LogP contribution is -2.35. The molecule has 0 unspecified atom stereocenters. The number of nitrogens with zero attached hydrogens (tertiary/aromatic N) is 1. The van der Waals surface area contributed by atoms with E-state index in [4.69, 9.17) is 4.74 Å². The summed E-state index contributed by atoms with van der Waals surface area (Å²) < 4.78 is 33.6. The zero-order valence-corrected chi connectivity index (χ0v) is 19.3. The molecule has 5 rings (SSSR count). The van der Waals surface area contributed by atoms with Gasteiger partial charge >= 0.3 is 0 Å². The highest BCUT2D eigenvalue weighted by Gasteiger charge is 2.52. The summed E-state index contributed by atoms with van der Waals surface area (Å²) in [6.45, 7) is 0.410. The fourth-order valence-electron chi connectivity index (χ4n) is 4.62. The van der Waals surface area contributed by atoms with Gasteiger partial charge in [0.2, 0.25) is 5.91 Å². The van der Waals surface area contributed by atoms with Gasteiger partial charge in [-0.15, -0.1) is 0 Å². The van der Waals surface area contributed by atoms with E-state index in [0.29, 0.717) is 23.7 Å². The van der Waals surface area contributed by atoms with E-state index in [2.05, 4.69) is 5.32 Å². The van der Waals surface area contributed by atoms with Crippen molar-refractivity contribution in [3.05, 3.63) is 83.9 Å². The van der Waals surface area contributed by atoms with Crippen molar-refractivity contribution >= 4 is 27.3 Å². The van der Waals surface area contributed by atoms with Crippen LogP contribution in [0, 0.1) is 0 Å². The minimum atomic E-state index is -3.68. The van der Waals surface area contributed by atoms with Crippen molar-refractivity contribution < 1.29 is 17.9 Å². The second kappa shape index (κ2) is 8.23. The van der Waals surface area contributed by atoms with E-state index in [0.717, 1.165) is 36.8 Å². The van der Waals surface area contributed by atoms with Crippen LogP contribution in [0.5, 0.6) is 5.75 Å². The molecule has 0 radical (unpaired) electrons. The second-order valence-corrected chi connectivity index (χ2v) is 10.4. The Labute approximate surface area is 194 Å². The van der Waals surface area contributed by atoms with Gasteiger partial charge in [0.1, 0.15) is 5.75 Å². The molecule has 3 aromatic carbocycles. The number of aryl methyl sites for hydroxylation is 1. The third-order valence-electron chi connectivity index (χ3n) is 6.56. The van der Waals surface area contributed by atoms with Crippen molar-refractivity contribution in [3.8, 4) is 5.75 Å². The van der Waals surface area contributed by atoms with Crippen LogP contribution in [-0.4, -0.2) is 28.0 Å². The topological polar surface area (TPSA) is 75.7 Å². The summed E-state index contributed by atoms with van der Waals surface area (Å²) in [5, 5.41) is 3.04. The maximum Gasteiger partial charge on any atom is 0.264 e. The van der Waals surface area contributed by atoms with Gasteiger partial charge in [0.05, 0.1) is 23.1 Å². The molecule has 0 spiro atoms. The summed E-state index contributed by atoms with van der Waals surface area (Å²) >= 11 is 0. The number of hydrogen-bond donors (Lipinski definition) is 1. The molecule has 1 fully saturated rings. The number of fused-ring (bicyclic) bond motifs is 1. The van der Waals surface area contributed by atoms with Crippen LogP contribution in [0.1, 0.15) is 30.4 Å².